The third-order valence-electron chi connectivity index (χ3n) is 6.42. The SMILES string of the molecule is C=CCC[C@H](O)CN(CC(=O)N1CCc2sccc2[C@H]1COc1cccc(F)c1)C[C@@H](C)CC. The highest BCUT2D eigenvalue weighted by Gasteiger charge is 2.33. The molecule has 1 aliphatic rings. The minimum absolute atomic E-state index is 0.0314. The number of aliphatic hydroxyl groups excluding tert-OH is 1. The lowest BCUT2D eigenvalue weighted by molar-refractivity contribution is -0.136. The first-order valence-electron chi connectivity index (χ1n) is 12.2. The Kier molecular flexibility index (Phi) is 10.1. The summed E-state index contributed by atoms with van der Waals surface area (Å²) in [6, 6.07) is 7.94. The molecular weight excluding hydrogens is 451 g/mol. The second-order valence-corrected chi connectivity index (χ2v) is 10.1. The molecule has 1 amide bonds. The highest BCUT2D eigenvalue weighted by Crippen LogP contribution is 2.34. The standard InChI is InChI=1S/C27H37FN2O3S/c1-4-6-9-22(31)17-29(16-20(3)5-2)18-27(32)30-13-11-26-24(12-14-34-26)25(30)19-33-23-10-7-8-21(28)15-23/h4,7-8,10,12,14-15,20,22,25,31H,1,5-6,9,11,13,16-19H2,2-3H3/t20-,22-,25+/m0/s1. The van der Waals surface area contributed by atoms with Crippen molar-refractivity contribution in [2.75, 3.05) is 32.8 Å². The first kappa shape index (κ1) is 26.4. The highest BCUT2D eigenvalue weighted by atomic mass is 32.1. The zero-order valence-electron chi connectivity index (χ0n) is 20.3. The average molecular weight is 489 g/mol. The van der Waals surface area contributed by atoms with Crippen molar-refractivity contribution >= 4 is 17.2 Å². The molecule has 0 saturated heterocycles. The van der Waals surface area contributed by atoms with E-state index in [2.05, 4.69) is 36.8 Å². The van der Waals surface area contributed by atoms with Crippen LogP contribution >= 0.6 is 11.3 Å². The molecule has 1 N–H and O–H groups in total. The maximum Gasteiger partial charge on any atom is 0.237 e. The fourth-order valence-electron chi connectivity index (χ4n) is 4.36. The maximum atomic E-state index is 13.6. The van der Waals surface area contributed by atoms with Gasteiger partial charge in [0, 0.05) is 30.6 Å². The van der Waals surface area contributed by atoms with Gasteiger partial charge in [0.15, 0.2) is 0 Å². The van der Waals surface area contributed by atoms with E-state index in [0.717, 1.165) is 31.4 Å². The third kappa shape index (κ3) is 7.39. The molecule has 7 heteroatoms. The Balaban J connectivity index is 1.72. The largest absolute Gasteiger partial charge is 0.491 e. The minimum atomic E-state index is -0.494. The second kappa shape index (κ2) is 13.0. The summed E-state index contributed by atoms with van der Waals surface area (Å²) in [7, 11) is 0. The topological polar surface area (TPSA) is 53.0 Å². The summed E-state index contributed by atoms with van der Waals surface area (Å²) in [6.45, 7) is 10.4. The number of nitrogens with zero attached hydrogens (tertiary/aromatic N) is 2. The number of rotatable bonds is 13. The van der Waals surface area contributed by atoms with Crippen molar-refractivity contribution < 1.29 is 19.0 Å². The van der Waals surface area contributed by atoms with E-state index in [4.69, 9.17) is 4.74 Å². The van der Waals surface area contributed by atoms with Gasteiger partial charge in [-0.25, -0.2) is 4.39 Å². The Morgan fingerprint density at radius 1 is 1.41 bits per heavy atom. The smallest absolute Gasteiger partial charge is 0.237 e. The van der Waals surface area contributed by atoms with Crippen LogP contribution < -0.4 is 4.74 Å². The monoisotopic (exact) mass is 488 g/mol. The van der Waals surface area contributed by atoms with Crippen molar-refractivity contribution in [3.63, 3.8) is 0 Å². The van der Waals surface area contributed by atoms with E-state index >= 15 is 0 Å². The van der Waals surface area contributed by atoms with Gasteiger partial charge in [0.05, 0.1) is 18.7 Å². The fraction of sp³-hybridized carbons (Fsp3) is 0.519. The van der Waals surface area contributed by atoms with E-state index in [-0.39, 0.29) is 30.9 Å². The molecule has 3 atom stereocenters. The van der Waals surface area contributed by atoms with Crippen LogP contribution in [-0.4, -0.2) is 59.7 Å². The minimum Gasteiger partial charge on any atom is -0.491 e. The number of thiophene rings is 1. The Morgan fingerprint density at radius 3 is 2.97 bits per heavy atom. The van der Waals surface area contributed by atoms with E-state index in [1.54, 1.807) is 23.5 Å². The van der Waals surface area contributed by atoms with Crippen molar-refractivity contribution in [3.05, 3.63) is 64.6 Å². The molecule has 5 nitrogen and oxygen atoms in total. The summed E-state index contributed by atoms with van der Waals surface area (Å²) in [5.41, 5.74) is 1.11. The summed E-state index contributed by atoms with van der Waals surface area (Å²) >= 11 is 1.70. The average Bonchev–Trinajstić information content (AvgIpc) is 3.30. The predicted molar refractivity (Wildman–Crippen MR) is 136 cm³/mol. The number of hydrogen-bond acceptors (Lipinski definition) is 5. The number of allylic oxidation sites excluding steroid dienone is 1. The summed E-state index contributed by atoms with van der Waals surface area (Å²) in [6.07, 6.45) is 4.54. The van der Waals surface area contributed by atoms with Crippen LogP contribution in [0.1, 0.15) is 49.6 Å². The lowest BCUT2D eigenvalue weighted by atomic mass is 10.00. The number of hydrogen-bond donors (Lipinski definition) is 1. The van der Waals surface area contributed by atoms with Gasteiger partial charge in [0.1, 0.15) is 18.2 Å². The normalized spacial score (nSPS) is 17.3. The van der Waals surface area contributed by atoms with Gasteiger partial charge in [-0.2, -0.15) is 0 Å². The lowest BCUT2D eigenvalue weighted by Crippen LogP contribution is -2.48. The van der Waals surface area contributed by atoms with E-state index < -0.39 is 6.10 Å². The molecule has 1 aromatic heterocycles. The van der Waals surface area contributed by atoms with Crippen LogP contribution in [0.5, 0.6) is 5.75 Å². The first-order valence-corrected chi connectivity index (χ1v) is 13.0. The van der Waals surface area contributed by atoms with Gasteiger partial charge in [-0.05, 0) is 54.3 Å². The molecular formula is C27H37FN2O3S. The van der Waals surface area contributed by atoms with E-state index in [0.29, 0.717) is 31.2 Å². The van der Waals surface area contributed by atoms with Crippen molar-refractivity contribution in [3.8, 4) is 5.75 Å². The van der Waals surface area contributed by atoms with E-state index in [1.807, 2.05) is 11.0 Å². The van der Waals surface area contributed by atoms with Crippen LogP contribution in [0.3, 0.4) is 0 Å². The second-order valence-electron chi connectivity index (χ2n) is 9.15. The van der Waals surface area contributed by atoms with Crippen LogP contribution in [-0.2, 0) is 11.2 Å². The molecule has 0 saturated carbocycles. The van der Waals surface area contributed by atoms with Crippen molar-refractivity contribution in [2.45, 2.75) is 51.7 Å². The Morgan fingerprint density at radius 2 is 2.24 bits per heavy atom. The number of halogens is 1. The quantitative estimate of drug-likeness (QED) is 0.400. The van der Waals surface area contributed by atoms with Gasteiger partial charge in [-0.3, -0.25) is 9.69 Å². The molecule has 0 unspecified atom stereocenters. The maximum absolute atomic E-state index is 13.6. The van der Waals surface area contributed by atoms with Gasteiger partial charge in [-0.15, -0.1) is 17.9 Å². The molecule has 1 aliphatic heterocycles. The molecule has 0 fully saturated rings. The first-order chi connectivity index (χ1) is 16.4. The zero-order valence-corrected chi connectivity index (χ0v) is 21.1. The molecule has 0 spiro atoms. The Hall–Kier alpha value is -2.22. The molecule has 2 heterocycles. The molecule has 186 valence electrons. The molecule has 3 rings (SSSR count). The third-order valence-corrected chi connectivity index (χ3v) is 7.41. The van der Waals surface area contributed by atoms with Crippen LogP contribution in [0.25, 0.3) is 0 Å². The molecule has 0 aliphatic carbocycles. The molecule has 0 radical (unpaired) electrons. The molecule has 2 aromatic rings. The summed E-state index contributed by atoms with van der Waals surface area (Å²) in [5, 5.41) is 12.5. The summed E-state index contributed by atoms with van der Waals surface area (Å²) in [4.78, 5) is 18.8. The van der Waals surface area contributed by atoms with Crippen LogP contribution in [0.4, 0.5) is 4.39 Å². The number of carbonyl (C=O) groups excluding carboxylic acids is 1. The van der Waals surface area contributed by atoms with E-state index in [1.165, 1.54) is 17.0 Å². The number of benzene rings is 1. The van der Waals surface area contributed by atoms with Gasteiger partial charge >= 0.3 is 0 Å². The van der Waals surface area contributed by atoms with Crippen molar-refractivity contribution in [1.29, 1.82) is 0 Å². The van der Waals surface area contributed by atoms with Crippen LogP contribution in [0.2, 0.25) is 0 Å². The Labute approximate surface area is 206 Å². The van der Waals surface area contributed by atoms with E-state index in [9.17, 15) is 14.3 Å². The van der Waals surface area contributed by atoms with Crippen LogP contribution in [0, 0.1) is 11.7 Å². The number of aliphatic hydroxyl groups is 1. The predicted octanol–water partition coefficient (Wildman–Crippen LogP) is 5.07. The zero-order chi connectivity index (χ0) is 24.5. The summed E-state index contributed by atoms with van der Waals surface area (Å²) in [5.74, 6) is 0.569. The number of ether oxygens (including phenoxy) is 1. The number of carbonyl (C=O) groups is 1. The number of amides is 1. The number of fused-ring (bicyclic) bond motifs is 1. The van der Waals surface area contributed by atoms with Crippen LogP contribution in [0.15, 0.2) is 48.4 Å². The highest BCUT2D eigenvalue weighted by molar-refractivity contribution is 7.10. The molecule has 0 bridgehead atoms. The summed E-state index contributed by atoms with van der Waals surface area (Å²) < 4.78 is 19.5. The Bertz CT molecular complexity index is 934. The fourth-order valence-corrected chi connectivity index (χ4v) is 5.29. The van der Waals surface area contributed by atoms with Gasteiger partial charge in [0.2, 0.25) is 5.91 Å². The molecule has 1 aromatic carbocycles. The van der Waals surface area contributed by atoms with Gasteiger partial charge in [0.25, 0.3) is 0 Å². The molecule has 34 heavy (non-hydrogen) atoms. The van der Waals surface area contributed by atoms with Gasteiger partial charge in [-0.1, -0.05) is 32.4 Å². The van der Waals surface area contributed by atoms with Gasteiger partial charge < -0.3 is 14.7 Å². The van der Waals surface area contributed by atoms with Crippen molar-refractivity contribution in [1.82, 2.24) is 9.80 Å². The lowest BCUT2D eigenvalue weighted by Gasteiger charge is -2.37. The van der Waals surface area contributed by atoms with Crippen molar-refractivity contribution in [2.24, 2.45) is 5.92 Å².